The van der Waals surface area contributed by atoms with E-state index in [0.29, 0.717) is 4.90 Å². The summed E-state index contributed by atoms with van der Waals surface area (Å²) < 4.78 is 23.2. The van der Waals surface area contributed by atoms with Gasteiger partial charge in [-0.1, -0.05) is 26.0 Å². The summed E-state index contributed by atoms with van der Waals surface area (Å²) >= 11 is 0. The van der Waals surface area contributed by atoms with Gasteiger partial charge in [-0.15, -0.1) is 0 Å². The van der Waals surface area contributed by atoms with Gasteiger partial charge in [-0.2, -0.15) is 0 Å². The van der Waals surface area contributed by atoms with E-state index >= 15 is 0 Å². The normalized spacial score (nSPS) is 13.7. The standard InChI is InChI=1S/C12H19NO2S/c1-4-13-10(3)11-6-8-12(9-7-11)16(14,15)5-2/h6-10,13H,4-5H2,1-3H3. The molecule has 0 bridgehead atoms. The Morgan fingerprint density at radius 2 is 1.75 bits per heavy atom. The Morgan fingerprint density at radius 3 is 2.19 bits per heavy atom. The predicted octanol–water partition coefficient (Wildman–Crippen LogP) is 2.15. The van der Waals surface area contributed by atoms with Crippen molar-refractivity contribution in [1.29, 1.82) is 0 Å². The third-order valence-electron chi connectivity index (χ3n) is 2.63. The summed E-state index contributed by atoms with van der Waals surface area (Å²) in [5.41, 5.74) is 1.11. The average Bonchev–Trinajstić information content (AvgIpc) is 2.29. The Labute approximate surface area is 97.8 Å². The van der Waals surface area contributed by atoms with Crippen LogP contribution in [-0.2, 0) is 9.84 Å². The molecule has 3 nitrogen and oxygen atoms in total. The molecule has 0 radical (unpaired) electrons. The van der Waals surface area contributed by atoms with Gasteiger partial charge >= 0.3 is 0 Å². The Balaban J connectivity index is 2.91. The predicted molar refractivity (Wildman–Crippen MR) is 66.3 cm³/mol. The molecule has 0 aromatic heterocycles. The summed E-state index contributed by atoms with van der Waals surface area (Å²) in [5.74, 6) is 0.148. The Kier molecular flexibility index (Phi) is 4.50. The zero-order chi connectivity index (χ0) is 12.2. The van der Waals surface area contributed by atoms with Crippen LogP contribution in [0, 0.1) is 0 Å². The fourth-order valence-electron chi connectivity index (χ4n) is 1.55. The van der Waals surface area contributed by atoms with E-state index in [4.69, 9.17) is 0 Å². The highest BCUT2D eigenvalue weighted by molar-refractivity contribution is 7.91. The lowest BCUT2D eigenvalue weighted by molar-refractivity contribution is 0.593. The number of hydrogen-bond acceptors (Lipinski definition) is 3. The van der Waals surface area contributed by atoms with E-state index in [1.54, 1.807) is 19.1 Å². The third-order valence-corrected chi connectivity index (χ3v) is 4.38. The van der Waals surface area contributed by atoms with E-state index in [2.05, 4.69) is 12.2 Å². The second kappa shape index (κ2) is 5.46. The number of sulfone groups is 1. The van der Waals surface area contributed by atoms with Crippen molar-refractivity contribution >= 4 is 9.84 Å². The van der Waals surface area contributed by atoms with Crippen LogP contribution in [0.4, 0.5) is 0 Å². The van der Waals surface area contributed by atoms with Crippen molar-refractivity contribution in [2.24, 2.45) is 0 Å². The minimum Gasteiger partial charge on any atom is -0.310 e. The second-order valence-electron chi connectivity index (χ2n) is 3.75. The highest BCUT2D eigenvalue weighted by Gasteiger charge is 2.11. The van der Waals surface area contributed by atoms with Crippen LogP contribution in [0.1, 0.15) is 32.4 Å². The van der Waals surface area contributed by atoms with E-state index in [1.165, 1.54) is 0 Å². The first kappa shape index (κ1) is 13.2. The van der Waals surface area contributed by atoms with Crippen LogP contribution < -0.4 is 5.32 Å². The van der Waals surface area contributed by atoms with Crippen molar-refractivity contribution in [2.75, 3.05) is 12.3 Å². The number of rotatable bonds is 5. The van der Waals surface area contributed by atoms with Crippen molar-refractivity contribution in [3.05, 3.63) is 29.8 Å². The largest absolute Gasteiger partial charge is 0.310 e. The van der Waals surface area contributed by atoms with Crippen LogP contribution in [0.3, 0.4) is 0 Å². The van der Waals surface area contributed by atoms with Crippen LogP contribution in [0.5, 0.6) is 0 Å². The molecule has 0 aliphatic carbocycles. The fraction of sp³-hybridized carbons (Fsp3) is 0.500. The quantitative estimate of drug-likeness (QED) is 0.859. The van der Waals surface area contributed by atoms with Gasteiger partial charge in [0.2, 0.25) is 0 Å². The van der Waals surface area contributed by atoms with Gasteiger partial charge in [-0.05, 0) is 31.2 Å². The lowest BCUT2D eigenvalue weighted by Gasteiger charge is -2.13. The molecule has 1 unspecified atom stereocenters. The lowest BCUT2D eigenvalue weighted by Crippen LogP contribution is -2.17. The van der Waals surface area contributed by atoms with Gasteiger partial charge in [0.1, 0.15) is 0 Å². The molecule has 0 amide bonds. The van der Waals surface area contributed by atoms with Gasteiger partial charge in [0.05, 0.1) is 10.6 Å². The molecule has 1 aromatic carbocycles. The molecule has 4 heteroatoms. The zero-order valence-corrected chi connectivity index (χ0v) is 10.8. The fourth-order valence-corrected chi connectivity index (χ4v) is 2.44. The zero-order valence-electron chi connectivity index (χ0n) is 10.0. The van der Waals surface area contributed by atoms with Crippen LogP contribution in [0.15, 0.2) is 29.2 Å². The molecule has 1 N–H and O–H groups in total. The van der Waals surface area contributed by atoms with Gasteiger partial charge in [0.15, 0.2) is 9.84 Å². The second-order valence-corrected chi connectivity index (χ2v) is 6.03. The summed E-state index contributed by atoms with van der Waals surface area (Å²) in [6.07, 6.45) is 0. The van der Waals surface area contributed by atoms with Gasteiger partial charge in [0, 0.05) is 6.04 Å². The van der Waals surface area contributed by atoms with Crippen LogP contribution in [0.2, 0.25) is 0 Å². The van der Waals surface area contributed by atoms with E-state index in [9.17, 15) is 8.42 Å². The van der Waals surface area contributed by atoms with Crippen LogP contribution in [-0.4, -0.2) is 20.7 Å². The van der Waals surface area contributed by atoms with E-state index in [-0.39, 0.29) is 11.8 Å². The first-order valence-corrected chi connectivity index (χ1v) is 7.22. The highest BCUT2D eigenvalue weighted by atomic mass is 32.2. The van der Waals surface area contributed by atoms with Crippen LogP contribution >= 0.6 is 0 Å². The summed E-state index contributed by atoms with van der Waals surface area (Å²) in [5, 5.41) is 3.28. The number of hydrogen-bond donors (Lipinski definition) is 1. The van der Waals surface area contributed by atoms with Crippen molar-refractivity contribution in [3.8, 4) is 0 Å². The summed E-state index contributed by atoms with van der Waals surface area (Å²) in [4.78, 5) is 0.405. The smallest absolute Gasteiger partial charge is 0.178 e. The minimum absolute atomic E-state index is 0.148. The van der Waals surface area contributed by atoms with Gasteiger partial charge in [-0.25, -0.2) is 8.42 Å². The third kappa shape index (κ3) is 3.06. The van der Waals surface area contributed by atoms with Gasteiger partial charge in [0.25, 0.3) is 0 Å². The molecule has 1 atom stereocenters. The van der Waals surface area contributed by atoms with E-state index < -0.39 is 9.84 Å². The Bertz CT molecular complexity index is 423. The molecule has 0 fully saturated rings. The van der Waals surface area contributed by atoms with Crippen molar-refractivity contribution < 1.29 is 8.42 Å². The molecular formula is C12H19NO2S. The maximum Gasteiger partial charge on any atom is 0.178 e. The molecule has 0 saturated heterocycles. The van der Waals surface area contributed by atoms with Crippen molar-refractivity contribution in [1.82, 2.24) is 5.32 Å². The molecular weight excluding hydrogens is 222 g/mol. The molecule has 0 aliphatic rings. The molecule has 0 aliphatic heterocycles. The first-order valence-electron chi connectivity index (χ1n) is 5.57. The SMILES string of the molecule is CCNC(C)c1ccc(S(=O)(=O)CC)cc1. The lowest BCUT2D eigenvalue weighted by atomic mass is 10.1. The first-order chi connectivity index (χ1) is 7.51. The van der Waals surface area contributed by atoms with Crippen molar-refractivity contribution in [3.63, 3.8) is 0 Å². The molecule has 16 heavy (non-hydrogen) atoms. The molecule has 1 rings (SSSR count). The minimum atomic E-state index is -3.07. The molecule has 90 valence electrons. The number of benzene rings is 1. The Morgan fingerprint density at radius 1 is 1.19 bits per heavy atom. The molecule has 0 spiro atoms. The maximum absolute atomic E-state index is 11.6. The van der Waals surface area contributed by atoms with Gasteiger partial charge < -0.3 is 5.32 Å². The summed E-state index contributed by atoms with van der Waals surface area (Å²) in [6, 6.07) is 7.36. The average molecular weight is 241 g/mol. The Hall–Kier alpha value is -0.870. The van der Waals surface area contributed by atoms with E-state index in [0.717, 1.165) is 12.1 Å². The molecule has 0 saturated carbocycles. The number of nitrogens with one attached hydrogen (secondary N) is 1. The van der Waals surface area contributed by atoms with Gasteiger partial charge in [-0.3, -0.25) is 0 Å². The summed E-state index contributed by atoms with van der Waals surface area (Å²) in [7, 11) is -3.07. The molecule has 1 aromatic rings. The topological polar surface area (TPSA) is 46.2 Å². The van der Waals surface area contributed by atoms with E-state index in [1.807, 2.05) is 19.1 Å². The summed E-state index contributed by atoms with van der Waals surface area (Å²) in [6.45, 7) is 6.67. The highest BCUT2D eigenvalue weighted by Crippen LogP contribution is 2.16. The monoisotopic (exact) mass is 241 g/mol. The molecule has 0 heterocycles. The van der Waals surface area contributed by atoms with Crippen molar-refractivity contribution in [2.45, 2.75) is 31.7 Å². The maximum atomic E-state index is 11.6. The van der Waals surface area contributed by atoms with Crippen LogP contribution in [0.25, 0.3) is 0 Å².